The molecule has 0 spiro atoms. The van der Waals surface area contributed by atoms with Crippen LogP contribution in [0.15, 0.2) is 30.3 Å². The highest BCUT2D eigenvalue weighted by atomic mass is 16.6. The van der Waals surface area contributed by atoms with Crippen molar-refractivity contribution in [2.75, 3.05) is 19.0 Å². The van der Waals surface area contributed by atoms with Gasteiger partial charge >= 0.3 is 6.09 Å². The normalized spacial score (nSPS) is 21.2. The first-order valence-electron chi connectivity index (χ1n) is 6.92. The molecule has 114 valence electrons. The lowest BCUT2D eigenvalue weighted by molar-refractivity contribution is -0.117. The number of alkyl carbamates (subject to hydrolysis) is 1. The van der Waals surface area contributed by atoms with Gasteiger partial charge in [0.1, 0.15) is 6.10 Å². The van der Waals surface area contributed by atoms with E-state index in [-0.39, 0.29) is 24.0 Å². The maximum atomic E-state index is 11.9. The first-order valence-corrected chi connectivity index (χ1v) is 6.92. The predicted octanol–water partition coefficient (Wildman–Crippen LogP) is 1.77. The minimum absolute atomic E-state index is 0.121. The van der Waals surface area contributed by atoms with Crippen LogP contribution in [0.25, 0.3) is 0 Å². The lowest BCUT2D eigenvalue weighted by Crippen LogP contribution is -2.36. The van der Waals surface area contributed by atoms with Crippen molar-refractivity contribution in [3.05, 3.63) is 30.3 Å². The lowest BCUT2D eigenvalue weighted by Gasteiger charge is -2.12. The summed E-state index contributed by atoms with van der Waals surface area (Å²) in [6.07, 6.45) is -0.298. The van der Waals surface area contributed by atoms with Gasteiger partial charge < -0.3 is 20.1 Å². The number of amides is 2. The van der Waals surface area contributed by atoms with Gasteiger partial charge in [-0.15, -0.1) is 0 Å². The number of carbonyl (C=O) groups excluding carboxylic acids is 2. The fourth-order valence-electron chi connectivity index (χ4n) is 2.00. The molecule has 0 aliphatic heterocycles. The number of methoxy groups -OCH3 is 1. The second-order valence-corrected chi connectivity index (χ2v) is 5.14. The first kappa shape index (κ1) is 15.3. The van der Waals surface area contributed by atoms with Crippen molar-refractivity contribution in [3.8, 4) is 0 Å². The van der Waals surface area contributed by atoms with Crippen LogP contribution in [-0.2, 0) is 14.3 Å². The van der Waals surface area contributed by atoms with Gasteiger partial charge in [0.15, 0.2) is 0 Å². The number of carbonyl (C=O) groups is 2. The predicted molar refractivity (Wildman–Crippen MR) is 77.9 cm³/mol. The van der Waals surface area contributed by atoms with Crippen LogP contribution < -0.4 is 10.6 Å². The second kappa shape index (κ2) is 7.08. The SMILES string of the molecule is COCC(C)NC(=O)OC1CC1C(=O)Nc1ccccc1. The Hall–Kier alpha value is -2.08. The third-order valence-corrected chi connectivity index (χ3v) is 3.15. The molecule has 3 unspecified atom stereocenters. The van der Waals surface area contributed by atoms with E-state index in [0.29, 0.717) is 13.0 Å². The van der Waals surface area contributed by atoms with Crippen LogP contribution in [0.1, 0.15) is 13.3 Å². The Bertz CT molecular complexity index is 492. The van der Waals surface area contributed by atoms with Gasteiger partial charge in [-0.25, -0.2) is 4.79 Å². The third kappa shape index (κ3) is 4.75. The van der Waals surface area contributed by atoms with Crippen LogP contribution in [0.2, 0.25) is 0 Å². The molecule has 1 aromatic rings. The van der Waals surface area contributed by atoms with E-state index in [9.17, 15) is 9.59 Å². The average Bonchev–Trinajstić information content (AvgIpc) is 3.19. The number of nitrogens with one attached hydrogen (secondary N) is 2. The number of rotatable bonds is 6. The minimum Gasteiger partial charge on any atom is -0.445 e. The topological polar surface area (TPSA) is 76.7 Å². The molecule has 2 rings (SSSR count). The van der Waals surface area contributed by atoms with E-state index in [1.165, 1.54) is 0 Å². The third-order valence-electron chi connectivity index (χ3n) is 3.15. The molecule has 6 nitrogen and oxygen atoms in total. The first-order chi connectivity index (χ1) is 10.1. The molecule has 6 heteroatoms. The van der Waals surface area contributed by atoms with Gasteiger partial charge in [0, 0.05) is 19.2 Å². The molecule has 0 heterocycles. The highest BCUT2D eigenvalue weighted by Gasteiger charge is 2.46. The van der Waals surface area contributed by atoms with Gasteiger partial charge in [-0.3, -0.25) is 4.79 Å². The molecule has 2 N–H and O–H groups in total. The highest BCUT2D eigenvalue weighted by molar-refractivity contribution is 5.95. The van der Waals surface area contributed by atoms with Gasteiger partial charge in [-0.1, -0.05) is 18.2 Å². The summed E-state index contributed by atoms with van der Waals surface area (Å²) in [6.45, 7) is 2.23. The highest BCUT2D eigenvalue weighted by Crippen LogP contribution is 2.34. The summed E-state index contributed by atoms with van der Waals surface area (Å²) in [5.41, 5.74) is 0.742. The standard InChI is InChI=1S/C15H20N2O4/c1-10(9-20-2)16-15(19)21-13-8-12(13)14(18)17-11-6-4-3-5-7-11/h3-7,10,12-13H,8-9H2,1-2H3,(H,16,19)(H,17,18). The molecule has 2 amide bonds. The summed E-state index contributed by atoms with van der Waals surface area (Å²) in [5, 5.41) is 5.44. The molecule has 0 aromatic heterocycles. The van der Waals surface area contributed by atoms with Gasteiger partial charge in [-0.05, 0) is 19.1 Å². The Balaban J connectivity index is 1.72. The van der Waals surface area contributed by atoms with E-state index in [1.807, 2.05) is 37.3 Å². The van der Waals surface area contributed by atoms with E-state index in [2.05, 4.69) is 10.6 Å². The number of para-hydroxylation sites is 1. The molecule has 0 bridgehead atoms. The molecule has 0 radical (unpaired) electrons. The van der Waals surface area contributed by atoms with Crippen molar-refractivity contribution in [2.24, 2.45) is 5.92 Å². The van der Waals surface area contributed by atoms with E-state index in [1.54, 1.807) is 7.11 Å². The molecule has 1 aliphatic carbocycles. The van der Waals surface area contributed by atoms with Gasteiger partial charge in [0.2, 0.25) is 5.91 Å². The molecule has 1 saturated carbocycles. The smallest absolute Gasteiger partial charge is 0.407 e. The zero-order valence-electron chi connectivity index (χ0n) is 12.2. The number of ether oxygens (including phenoxy) is 2. The van der Waals surface area contributed by atoms with Crippen molar-refractivity contribution >= 4 is 17.7 Å². The fourth-order valence-corrected chi connectivity index (χ4v) is 2.00. The fraction of sp³-hybridized carbons (Fsp3) is 0.467. The molecule has 21 heavy (non-hydrogen) atoms. The van der Waals surface area contributed by atoms with Crippen LogP contribution in [0, 0.1) is 5.92 Å². The maximum absolute atomic E-state index is 11.9. The summed E-state index contributed by atoms with van der Waals surface area (Å²) in [7, 11) is 1.56. The lowest BCUT2D eigenvalue weighted by atomic mass is 10.3. The van der Waals surface area contributed by atoms with Crippen LogP contribution in [-0.4, -0.2) is 37.9 Å². The summed E-state index contributed by atoms with van der Waals surface area (Å²) in [5.74, 6) is -0.391. The summed E-state index contributed by atoms with van der Waals surface area (Å²) in [6, 6.07) is 9.08. The van der Waals surface area contributed by atoms with Crippen molar-refractivity contribution < 1.29 is 19.1 Å². The molecule has 1 fully saturated rings. The van der Waals surface area contributed by atoms with Crippen molar-refractivity contribution in [3.63, 3.8) is 0 Å². The molecule has 0 saturated heterocycles. The van der Waals surface area contributed by atoms with Crippen molar-refractivity contribution in [1.82, 2.24) is 5.32 Å². The Morgan fingerprint density at radius 2 is 2.05 bits per heavy atom. The van der Waals surface area contributed by atoms with Crippen molar-refractivity contribution in [1.29, 1.82) is 0 Å². The average molecular weight is 292 g/mol. The van der Waals surface area contributed by atoms with E-state index < -0.39 is 6.09 Å². The number of hydrogen-bond donors (Lipinski definition) is 2. The monoisotopic (exact) mass is 292 g/mol. The van der Waals surface area contributed by atoms with E-state index in [4.69, 9.17) is 9.47 Å². The Morgan fingerprint density at radius 1 is 1.33 bits per heavy atom. The zero-order chi connectivity index (χ0) is 15.2. The van der Waals surface area contributed by atoms with Gasteiger partial charge in [0.25, 0.3) is 0 Å². The van der Waals surface area contributed by atoms with Crippen LogP contribution in [0.4, 0.5) is 10.5 Å². The molecule has 1 aliphatic rings. The zero-order valence-corrected chi connectivity index (χ0v) is 12.2. The Kier molecular flexibility index (Phi) is 5.16. The van der Waals surface area contributed by atoms with Crippen molar-refractivity contribution in [2.45, 2.75) is 25.5 Å². The number of hydrogen-bond acceptors (Lipinski definition) is 4. The van der Waals surface area contributed by atoms with Gasteiger partial charge in [-0.2, -0.15) is 0 Å². The van der Waals surface area contributed by atoms with Crippen LogP contribution >= 0.6 is 0 Å². The number of benzene rings is 1. The molecule has 3 atom stereocenters. The Morgan fingerprint density at radius 3 is 2.71 bits per heavy atom. The quantitative estimate of drug-likeness (QED) is 0.838. The number of anilines is 1. The van der Waals surface area contributed by atoms with E-state index in [0.717, 1.165) is 5.69 Å². The largest absolute Gasteiger partial charge is 0.445 e. The van der Waals surface area contributed by atoms with Crippen LogP contribution in [0.3, 0.4) is 0 Å². The van der Waals surface area contributed by atoms with Gasteiger partial charge in [0.05, 0.1) is 18.6 Å². The minimum atomic E-state index is -0.514. The summed E-state index contributed by atoms with van der Waals surface area (Å²) < 4.78 is 10.1. The maximum Gasteiger partial charge on any atom is 0.407 e. The molecular weight excluding hydrogens is 272 g/mol. The Labute approximate surface area is 123 Å². The molecule has 1 aromatic carbocycles. The van der Waals surface area contributed by atoms with Crippen LogP contribution in [0.5, 0.6) is 0 Å². The summed E-state index contributed by atoms with van der Waals surface area (Å²) >= 11 is 0. The molecular formula is C15H20N2O4. The summed E-state index contributed by atoms with van der Waals surface area (Å²) in [4.78, 5) is 23.5. The van der Waals surface area contributed by atoms with E-state index >= 15 is 0 Å². The second-order valence-electron chi connectivity index (χ2n) is 5.14.